The van der Waals surface area contributed by atoms with Crippen LogP contribution in [-0.2, 0) is 0 Å². The zero-order chi connectivity index (χ0) is 12.6. The smallest absolute Gasteiger partial charge is 0.101 e. The van der Waals surface area contributed by atoms with Crippen LogP contribution in [0, 0.1) is 32.1 Å². The Kier molecular flexibility index (Phi) is 2.60. The molecule has 2 rings (SSSR count). The second-order valence-corrected chi connectivity index (χ2v) is 4.06. The summed E-state index contributed by atoms with van der Waals surface area (Å²) in [5.41, 5.74) is 10.9. The average molecular weight is 226 g/mol. The third kappa shape index (κ3) is 1.66. The molecular formula is C13H14N4. The van der Waals surface area contributed by atoms with Gasteiger partial charge in [-0.3, -0.25) is 0 Å². The highest BCUT2D eigenvalue weighted by Crippen LogP contribution is 2.24. The van der Waals surface area contributed by atoms with Crippen LogP contribution in [0.5, 0.6) is 0 Å². The van der Waals surface area contributed by atoms with E-state index in [1.165, 1.54) is 0 Å². The molecule has 17 heavy (non-hydrogen) atoms. The maximum atomic E-state index is 8.96. The third-order valence-electron chi connectivity index (χ3n) is 3.08. The van der Waals surface area contributed by atoms with Gasteiger partial charge >= 0.3 is 0 Å². The van der Waals surface area contributed by atoms with Gasteiger partial charge in [-0.2, -0.15) is 10.4 Å². The van der Waals surface area contributed by atoms with Crippen molar-refractivity contribution < 1.29 is 0 Å². The minimum absolute atomic E-state index is 0.473. The van der Waals surface area contributed by atoms with Crippen molar-refractivity contribution in [1.29, 1.82) is 5.26 Å². The van der Waals surface area contributed by atoms with Gasteiger partial charge in [0.15, 0.2) is 0 Å². The summed E-state index contributed by atoms with van der Waals surface area (Å²) in [5.74, 6) is 0. The molecule has 0 saturated carbocycles. The van der Waals surface area contributed by atoms with Gasteiger partial charge in [0.2, 0.25) is 0 Å². The maximum absolute atomic E-state index is 8.96. The molecule has 0 aliphatic carbocycles. The number of nitrogens with two attached hydrogens (primary N) is 1. The van der Waals surface area contributed by atoms with Gasteiger partial charge < -0.3 is 5.73 Å². The number of nitrogens with zero attached hydrogens (tertiary/aromatic N) is 3. The average Bonchev–Trinajstić information content (AvgIpc) is 2.57. The fraction of sp³-hybridized carbons (Fsp3) is 0.231. The first-order valence-corrected chi connectivity index (χ1v) is 5.38. The number of para-hydroxylation sites is 1. The van der Waals surface area contributed by atoms with Crippen molar-refractivity contribution in [3.8, 4) is 11.8 Å². The zero-order valence-corrected chi connectivity index (χ0v) is 10.2. The Balaban J connectivity index is 2.70. The molecule has 0 unspecified atom stereocenters. The molecule has 0 spiro atoms. The van der Waals surface area contributed by atoms with Crippen LogP contribution in [0.15, 0.2) is 18.2 Å². The lowest BCUT2D eigenvalue weighted by Crippen LogP contribution is -2.05. The Hall–Kier alpha value is -2.28. The Morgan fingerprint density at radius 3 is 2.53 bits per heavy atom. The lowest BCUT2D eigenvalue weighted by atomic mass is 10.1. The summed E-state index contributed by atoms with van der Waals surface area (Å²) >= 11 is 0. The molecular weight excluding hydrogens is 212 g/mol. The summed E-state index contributed by atoms with van der Waals surface area (Å²) in [6, 6.07) is 7.47. The number of hydrogen-bond donors (Lipinski definition) is 1. The number of anilines is 1. The SMILES string of the molecule is Cc1nn(-c2cccc(C#N)c2N)c(C)c1C. The van der Waals surface area contributed by atoms with E-state index in [0.717, 1.165) is 22.6 Å². The summed E-state index contributed by atoms with van der Waals surface area (Å²) in [5, 5.41) is 13.4. The first-order valence-electron chi connectivity index (χ1n) is 5.38. The molecule has 4 heteroatoms. The molecule has 0 amide bonds. The van der Waals surface area contributed by atoms with Gasteiger partial charge in [0, 0.05) is 5.69 Å². The Morgan fingerprint density at radius 1 is 1.29 bits per heavy atom. The Labute approximate surface area is 100 Å². The predicted octanol–water partition coefficient (Wildman–Crippen LogP) is 2.25. The minimum Gasteiger partial charge on any atom is -0.396 e. The van der Waals surface area contributed by atoms with Gasteiger partial charge in [-0.25, -0.2) is 4.68 Å². The number of benzene rings is 1. The highest BCUT2D eigenvalue weighted by Gasteiger charge is 2.12. The van der Waals surface area contributed by atoms with Crippen LogP contribution in [0.3, 0.4) is 0 Å². The van der Waals surface area contributed by atoms with Gasteiger partial charge in [0.25, 0.3) is 0 Å². The largest absolute Gasteiger partial charge is 0.396 e. The summed E-state index contributed by atoms with van der Waals surface area (Å²) in [6.45, 7) is 5.98. The molecule has 1 aromatic heterocycles. The number of rotatable bonds is 1. The molecule has 0 aliphatic heterocycles. The Bertz CT molecular complexity index is 617. The first kappa shape index (κ1) is 11.2. The van der Waals surface area contributed by atoms with Crippen molar-refractivity contribution in [2.24, 2.45) is 0 Å². The molecule has 0 bridgehead atoms. The van der Waals surface area contributed by atoms with Crippen molar-refractivity contribution in [2.75, 3.05) is 5.73 Å². The molecule has 2 N–H and O–H groups in total. The molecule has 1 heterocycles. The summed E-state index contributed by atoms with van der Waals surface area (Å²) in [7, 11) is 0. The van der Waals surface area contributed by atoms with Crippen LogP contribution in [0.4, 0.5) is 5.69 Å². The molecule has 0 atom stereocenters. The lowest BCUT2D eigenvalue weighted by molar-refractivity contribution is 0.835. The van der Waals surface area contributed by atoms with E-state index in [0.29, 0.717) is 11.3 Å². The van der Waals surface area contributed by atoms with Crippen LogP contribution in [0.2, 0.25) is 0 Å². The molecule has 86 valence electrons. The lowest BCUT2D eigenvalue weighted by Gasteiger charge is -2.08. The second kappa shape index (κ2) is 3.95. The standard InChI is InChI=1S/C13H14N4/c1-8-9(2)16-17(10(8)3)12-6-4-5-11(7-14)13(12)15/h4-6H,15H2,1-3H3. The van der Waals surface area contributed by atoms with Crippen LogP contribution in [-0.4, -0.2) is 9.78 Å². The van der Waals surface area contributed by atoms with Crippen LogP contribution in [0.25, 0.3) is 5.69 Å². The van der Waals surface area contributed by atoms with E-state index in [9.17, 15) is 0 Å². The van der Waals surface area contributed by atoms with Crippen molar-refractivity contribution in [3.05, 3.63) is 40.7 Å². The monoisotopic (exact) mass is 226 g/mol. The summed E-state index contributed by atoms with van der Waals surface area (Å²) < 4.78 is 1.79. The van der Waals surface area contributed by atoms with Crippen LogP contribution in [0.1, 0.15) is 22.5 Å². The van der Waals surface area contributed by atoms with Crippen LogP contribution < -0.4 is 5.73 Å². The second-order valence-electron chi connectivity index (χ2n) is 4.06. The molecule has 0 fully saturated rings. The van der Waals surface area contributed by atoms with E-state index in [1.807, 2.05) is 32.9 Å². The Morgan fingerprint density at radius 2 is 2.00 bits per heavy atom. The van der Waals surface area contributed by atoms with Gasteiger partial charge in [0.1, 0.15) is 6.07 Å². The van der Waals surface area contributed by atoms with E-state index in [4.69, 9.17) is 11.0 Å². The molecule has 0 aliphatic rings. The van der Waals surface area contributed by atoms with Crippen LogP contribution >= 0.6 is 0 Å². The summed E-state index contributed by atoms with van der Waals surface area (Å²) in [4.78, 5) is 0. The highest BCUT2D eigenvalue weighted by atomic mass is 15.3. The van der Waals surface area contributed by atoms with Gasteiger partial charge in [0.05, 0.1) is 22.6 Å². The molecule has 0 radical (unpaired) electrons. The van der Waals surface area contributed by atoms with Gasteiger partial charge in [-0.15, -0.1) is 0 Å². The van der Waals surface area contributed by atoms with E-state index in [1.54, 1.807) is 10.7 Å². The van der Waals surface area contributed by atoms with Crippen molar-refractivity contribution in [2.45, 2.75) is 20.8 Å². The van der Waals surface area contributed by atoms with Crippen molar-refractivity contribution >= 4 is 5.69 Å². The first-order chi connectivity index (χ1) is 8.06. The van der Waals surface area contributed by atoms with E-state index < -0.39 is 0 Å². The quantitative estimate of drug-likeness (QED) is 0.758. The zero-order valence-electron chi connectivity index (χ0n) is 10.2. The summed E-state index contributed by atoms with van der Waals surface area (Å²) in [6.07, 6.45) is 0. The van der Waals surface area contributed by atoms with Gasteiger partial charge in [-0.05, 0) is 38.5 Å². The predicted molar refractivity (Wildman–Crippen MR) is 66.9 cm³/mol. The van der Waals surface area contributed by atoms with E-state index >= 15 is 0 Å². The number of nitriles is 1. The minimum atomic E-state index is 0.473. The number of hydrogen-bond acceptors (Lipinski definition) is 3. The van der Waals surface area contributed by atoms with Gasteiger partial charge in [-0.1, -0.05) is 6.07 Å². The molecule has 1 aromatic carbocycles. The fourth-order valence-corrected chi connectivity index (χ4v) is 1.79. The maximum Gasteiger partial charge on any atom is 0.101 e. The normalized spacial score (nSPS) is 10.2. The van der Waals surface area contributed by atoms with E-state index in [-0.39, 0.29) is 0 Å². The van der Waals surface area contributed by atoms with Crippen molar-refractivity contribution in [3.63, 3.8) is 0 Å². The van der Waals surface area contributed by atoms with E-state index in [2.05, 4.69) is 11.2 Å². The number of aryl methyl sites for hydroxylation is 1. The topological polar surface area (TPSA) is 67.6 Å². The highest BCUT2D eigenvalue weighted by molar-refractivity contribution is 5.66. The number of aromatic nitrogens is 2. The molecule has 4 nitrogen and oxygen atoms in total. The molecule has 2 aromatic rings. The fourth-order valence-electron chi connectivity index (χ4n) is 1.79. The third-order valence-corrected chi connectivity index (χ3v) is 3.08. The number of nitrogen functional groups attached to an aromatic ring is 1. The molecule has 0 saturated heterocycles. The van der Waals surface area contributed by atoms with Crippen molar-refractivity contribution in [1.82, 2.24) is 9.78 Å².